The molecule has 0 saturated carbocycles. The first-order valence-corrected chi connectivity index (χ1v) is 7.39. The van der Waals surface area contributed by atoms with Gasteiger partial charge in [-0.05, 0) is 58.2 Å². The van der Waals surface area contributed by atoms with Gasteiger partial charge in [0.2, 0.25) is 0 Å². The molecule has 4 nitrogen and oxygen atoms in total. The lowest BCUT2D eigenvalue weighted by Gasteiger charge is -2.27. The molecule has 0 saturated heterocycles. The van der Waals surface area contributed by atoms with Crippen molar-refractivity contribution < 1.29 is 9.47 Å². The summed E-state index contributed by atoms with van der Waals surface area (Å²) in [6, 6.07) is 6.44. The topological polar surface area (TPSA) is 33.7 Å². The van der Waals surface area contributed by atoms with Gasteiger partial charge in [-0.25, -0.2) is 0 Å². The molecular formula is C16H26N2O2. The first kappa shape index (κ1) is 15.1. The first-order chi connectivity index (χ1) is 9.70. The Morgan fingerprint density at radius 1 is 1.35 bits per heavy atom. The number of nitrogens with one attached hydrogen (secondary N) is 1. The average Bonchev–Trinajstić information content (AvgIpc) is 2.46. The van der Waals surface area contributed by atoms with Crippen molar-refractivity contribution in [3.8, 4) is 11.5 Å². The molecule has 1 aromatic carbocycles. The fraction of sp³-hybridized carbons (Fsp3) is 0.625. The monoisotopic (exact) mass is 278 g/mol. The largest absolute Gasteiger partial charge is 0.497 e. The molecule has 1 aliphatic rings. The third-order valence-corrected chi connectivity index (χ3v) is 3.68. The second-order valence-electron chi connectivity index (χ2n) is 5.56. The van der Waals surface area contributed by atoms with E-state index in [1.165, 1.54) is 18.4 Å². The minimum Gasteiger partial charge on any atom is -0.497 e. The summed E-state index contributed by atoms with van der Waals surface area (Å²) >= 11 is 0. The van der Waals surface area contributed by atoms with Gasteiger partial charge in [-0.3, -0.25) is 0 Å². The Bertz CT molecular complexity index is 421. The van der Waals surface area contributed by atoms with E-state index >= 15 is 0 Å². The molecule has 1 aliphatic heterocycles. The first-order valence-electron chi connectivity index (χ1n) is 7.39. The minimum atomic E-state index is 0.383. The Labute approximate surface area is 122 Å². The summed E-state index contributed by atoms with van der Waals surface area (Å²) in [5, 5.41) is 3.65. The van der Waals surface area contributed by atoms with Crippen molar-refractivity contribution >= 4 is 0 Å². The normalized spacial score (nSPS) is 17.7. The van der Waals surface area contributed by atoms with Crippen LogP contribution in [0.4, 0.5) is 0 Å². The number of unbranched alkanes of at least 4 members (excludes halogenated alkanes) is 1. The summed E-state index contributed by atoms with van der Waals surface area (Å²) in [5.41, 5.74) is 1.23. The average molecular weight is 278 g/mol. The van der Waals surface area contributed by atoms with Crippen LogP contribution >= 0.6 is 0 Å². The predicted molar refractivity (Wildman–Crippen MR) is 81.6 cm³/mol. The second kappa shape index (κ2) is 7.50. The van der Waals surface area contributed by atoms with Gasteiger partial charge in [0.05, 0.1) is 13.7 Å². The van der Waals surface area contributed by atoms with Crippen LogP contribution in [-0.2, 0) is 0 Å². The fourth-order valence-electron chi connectivity index (χ4n) is 2.54. The van der Waals surface area contributed by atoms with Gasteiger partial charge in [-0.2, -0.15) is 0 Å². The molecule has 0 radical (unpaired) electrons. The molecule has 0 fully saturated rings. The quantitative estimate of drug-likeness (QED) is 0.777. The van der Waals surface area contributed by atoms with Crippen LogP contribution in [0, 0.1) is 0 Å². The molecule has 1 unspecified atom stereocenters. The molecular weight excluding hydrogens is 252 g/mol. The van der Waals surface area contributed by atoms with Gasteiger partial charge in [0, 0.05) is 18.0 Å². The minimum absolute atomic E-state index is 0.383. The fourth-order valence-corrected chi connectivity index (χ4v) is 2.54. The van der Waals surface area contributed by atoms with Crippen molar-refractivity contribution in [1.82, 2.24) is 10.2 Å². The second-order valence-corrected chi connectivity index (χ2v) is 5.56. The molecule has 0 aromatic heterocycles. The van der Waals surface area contributed by atoms with Gasteiger partial charge in [-0.1, -0.05) is 0 Å². The highest BCUT2D eigenvalue weighted by atomic mass is 16.5. The number of benzene rings is 1. The van der Waals surface area contributed by atoms with Crippen molar-refractivity contribution in [3.05, 3.63) is 23.8 Å². The lowest BCUT2D eigenvalue weighted by molar-refractivity contribution is 0.251. The third kappa shape index (κ3) is 4.12. The molecule has 20 heavy (non-hydrogen) atoms. The van der Waals surface area contributed by atoms with Gasteiger partial charge in [0.15, 0.2) is 0 Å². The van der Waals surface area contributed by atoms with E-state index < -0.39 is 0 Å². The van der Waals surface area contributed by atoms with E-state index in [0.717, 1.165) is 37.6 Å². The molecule has 0 amide bonds. The van der Waals surface area contributed by atoms with E-state index in [-0.39, 0.29) is 0 Å². The van der Waals surface area contributed by atoms with Gasteiger partial charge in [-0.15, -0.1) is 0 Å². The molecule has 1 heterocycles. The van der Waals surface area contributed by atoms with Gasteiger partial charge in [0.25, 0.3) is 0 Å². The summed E-state index contributed by atoms with van der Waals surface area (Å²) in [6.45, 7) is 2.99. The number of ether oxygens (including phenoxy) is 2. The number of fused-ring (bicyclic) bond motifs is 1. The van der Waals surface area contributed by atoms with Crippen molar-refractivity contribution in [2.24, 2.45) is 0 Å². The van der Waals surface area contributed by atoms with Crippen molar-refractivity contribution in [2.45, 2.75) is 25.3 Å². The number of methoxy groups -OCH3 is 1. The van der Waals surface area contributed by atoms with Crippen molar-refractivity contribution in [2.75, 3.05) is 40.9 Å². The summed E-state index contributed by atoms with van der Waals surface area (Å²) in [4.78, 5) is 2.23. The van der Waals surface area contributed by atoms with Gasteiger partial charge >= 0.3 is 0 Å². The molecule has 0 spiro atoms. The summed E-state index contributed by atoms with van der Waals surface area (Å²) in [6.07, 6.45) is 3.46. The summed E-state index contributed by atoms with van der Waals surface area (Å²) < 4.78 is 11.0. The van der Waals surface area contributed by atoms with Crippen LogP contribution < -0.4 is 14.8 Å². The Kier molecular flexibility index (Phi) is 5.68. The van der Waals surface area contributed by atoms with Crippen LogP contribution in [0.1, 0.15) is 30.9 Å². The van der Waals surface area contributed by atoms with E-state index in [1.54, 1.807) is 7.11 Å². The molecule has 1 N–H and O–H groups in total. The molecule has 1 aromatic rings. The van der Waals surface area contributed by atoms with Gasteiger partial charge in [0.1, 0.15) is 11.5 Å². The molecule has 2 rings (SSSR count). The smallest absolute Gasteiger partial charge is 0.124 e. The Hall–Kier alpha value is -1.26. The Balaban J connectivity index is 1.87. The Morgan fingerprint density at radius 3 is 2.95 bits per heavy atom. The number of nitrogens with zero attached hydrogens (tertiary/aromatic N) is 1. The standard InChI is InChI=1S/C16H26N2O2/c1-18(2)10-5-4-9-17-15-8-11-20-16-7-6-13(19-3)12-14(15)16/h6-7,12,15,17H,4-5,8-11H2,1-3H3. The molecule has 112 valence electrons. The Morgan fingerprint density at radius 2 is 2.20 bits per heavy atom. The van der Waals surface area contributed by atoms with E-state index in [1.807, 2.05) is 12.1 Å². The zero-order valence-corrected chi connectivity index (χ0v) is 12.8. The van der Waals surface area contributed by atoms with E-state index in [9.17, 15) is 0 Å². The third-order valence-electron chi connectivity index (χ3n) is 3.68. The van der Waals surface area contributed by atoms with Crippen LogP contribution in [-0.4, -0.2) is 45.8 Å². The molecule has 1 atom stereocenters. The summed E-state index contributed by atoms with van der Waals surface area (Å²) in [7, 11) is 5.94. The van der Waals surface area contributed by atoms with Crippen LogP contribution in [0.15, 0.2) is 18.2 Å². The maximum Gasteiger partial charge on any atom is 0.124 e. The lowest BCUT2D eigenvalue weighted by atomic mass is 10.00. The maximum absolute atomic E-state index is 5.71. The zero-order chi connectivity index (χ0) is 14.4. The highest BCUT2D eigenvalue weighted by Crippen LogP contribution is 2.34. The molecule has 4 heteroatoms. The van der Waals surface area contributed by atoms with Crippen LogP contribution in [0.3, 0.4) is 0 Å². The zero-order valence-electron chi connectivity index (χ0n) is 12.8. The van der Waals surface area contributed by atoms with E-state index in [2.05, 4.69) is 30.4 Å². The van der Waals surface area contributed by atoms with Crippen LogP contribution in [0.2, 0.25) is 0 Å². The highest BCUT2D eigenvalue weighted by molar-refractivity contribution is 5.43. The van der Waals surface area contributed by atoms with Gasteiger partial charge < -0.3 is 19.7 Å². The van der Waals surface area contributed by atoms with E-state index in [0.29, 0.717) is 6.04 Å². The lowest BCUT2D eigenvalue weighted by Crippen LogP contribution is -2.28. The maximum atomic E-state index is 5.71. The summed E-state index contributed by atoms with van der Waals surface area (Å²) in [5.74, 6) is 1.89. The molecule has 0 aliphatic carbocycles. The number of hydrogen-bond donors (Lipinski definition) is 1. The highest BCUT2D eigenvalue weighted by Gasteiger charge is 2.21. The number of rotatable bonds is 7. The van der Waals surface area contributed by atoms with Crippen molar-refractivity contribution in [3.63, 3.8) is 0 Å². The molecule has 0 bridgehead atoms. The number of hydrogen-bond acceptors (Lipinski definition) is 4. The SMILES string of the molecule is COc1ccc2c(c1)C(NCCCCN(C)C)CCO2. The van der Waals surface area contributed by atoms with Crippen LogP contribution in [0.5, 0.6) is 11.5 Å². The van der Waals surface area contributed by atoms with Crippen LogP contribution in [0.25, 0.3) is 0 Å². The predicted octanol–water partition coefficient (Wildman–Crippen LogP) is 2.45. The van der Waals surface area contributed by atoms with Crippen molar-refractivity contribution in [1.29, 1.82) is 0 Å². The van der Waals surface area contributed by atoms with E-state index in [4.69, 9.17) is 9.47 Å².